The highest BCUT2D eigenvalue weighted by atomic mass is 16.5. The molecule has 1 aliphatic rings. The third-order valence-electron chi connectivity index (χ3n) is 4.24. The summed E-state index contributed by atoms with van der Waals surface area (Å²) in [4.78, 5) is 23.7. The first-order valence-electron chi connectivity index (χ1n) is 8.26. The van der Waals surface area contributed by atoms with Crippen LogP contribution >= 0.6 is 0 Å². The van der Waals surface area contributed by atoms with Crippen LogP contribution in [0, 0.1) is 0 Å². The maximum Gasteiger partial charge on any atom is 0.256 e. The Morgan fingerprint density at radius 1 is 1.00 bits per heavy atom. The van der Waals surface area contributed by atoms with Crippen LogP contribution in [0.15, 0.2) is 54.9 Å². The van der Waals surface area contributed by atoms with Gasteiger partial charge in [0.05, 0.1) is 24.4 Å². The van der Waals surface area contributed by atoms with Crippen LogP contribution in [0.5, 0.6) is 0 Å². The van der Waals surface area contributed by atoms with Gasteiger partial charge >= 0.3 is 0 Å². The number of benzene rings is 1. The number of hydrogen-bond acceptors (Lipinski definition) is 5. The van der Waals surface area contributed by atoms with Crippen molar-refractivity contribution in [1.29, 1.82) is 0 Å². The van der Waals surface area contributed by atoms with Crippen molar-refractivity contribution in [2.75, 3.05) is 36.5 Å². The van der Waals surface area contributed by atoms with Gasteiger partial charge in [-0.3, -0.25) is 9.78 Å². The molecule has 2 aromatic heterocycles. The van der Waals surface area contributed by atoms with Crippen molar-refractivity contribution in [1.82, 2.24) is 9.97 Å². The van der Waals surface area contributed by atoms with E-state index in [1.165, 1.54) is 0 Å². The average Bonchev–Trinajstić information content (AvgIpc) is 2.68. The third-order valence-corrected chi connectivity index (χ3v) is 4.24. The lowest BCUT2D eigenvalue weighted by Crippen LogP contribution is -2.37. The smallest absolute Gasteiger partial charge is 0.256 e. The van der Waals surface area contributed by atoms with Crippen LogP contribution in [-0.2, 0) is 4.74 Å². The fourth-order valence-corrected chi connectivity index (χ4v) is 3.01. The van der Waals surface area contributed by atoms with Gasteiger partial charge in [0, 0.05) is 36.4 Å². The summed E-state index contributed by atoms with van der Waals surface area (Å²) in [5.74, 6) is 0.610. The zero-order valence-corrected chi connectivity index (χ0v) is 13.7. The number of anilines is 2. The van der Waals surface area contributed by atoms with E-state index < -0.39 is 0 Å². The van der Waals surface area contributed by atoms with E-state index in [9.17, 15) is 4.79 Å². The molecule has 25 heavy (non-hydrogen) atoms. The maximum atomic E-state index is 12.9. The Bertz CT molecular complexity index is 901. The number of rotatable bonds is 3. The molecule has 4 rings (SSSR count). The van der Waals surface area contributed by atoms with Crippen LogP contribution < -0.4 is 10.2 Å². The molecule has 0 atom stereocenters. The number of nitrogens with one attached hydrogen (secondary N) is 1. The van der Waals surface area contributed by atoms with Crippen LogP contribution in [0.25, 0.3) is 10.9 Å². The van der Waals surface area contributed by atoms with Crippen molar-refractivity contribution >= 4 is 28.3 Å². The highest BCUT2D eigenvalue weighted by Gasteiger charge is 2.18. The van der Waals surface area contributed by atoms with Gasteiger partial charge in [0.1, 0.15) is 0 Å². The van der Waals surface area contributed by atoms with E-state index in [0.29, 0.717) is 24.5 Å². The van der Waals surface area contributed by atoms with E-state index in [1.807, 2.05) is 42.5 Å². The summed E-state index contributed by atoms with van der Waals surface area (Å²) in [6.45, 7) is 2.86. The van der Waals surface area contributed by atoms with Crippen LogP contribution in [0.1, 0.15) is 10.4 Å². The van der Waals surface area contributed by atoms with E-state index in [2.05, 4.69) is 20.2 Å². The monoisotopic (exact) mass is 334 g/mol. The number of ether oxygens (including phenoxy) is 1. The summed E-state index contributed by atoms with van der Waals surface area (Å²) in [7, 11) is 0. The van der Waals surface area contributed by atoms with Crippen LogP contribution in [0.2, 0.25) is 0 Å². The first-order valence-corrected chi connectivity index (χ1v) is 8.26. The molecule has 1 N–H and O–H groups in total. The minimum Gasteiger partial charge on any atom is -0.378 e. The Morgan fingerprint density at radius 3 is 2.68 bits per heavy atom. The molecule has 0 spiro atoms. The van der Waals surface area contributed by atoms with Crippen LogP contribution in [0.3, 0.4) is 0 Å². The van der Waals surface area contributed by atoms with E-state index in [1.54, 1.807) is 12.4 Å². The number of carbonyl (C=O) groups excluding carboxylic acids is 1. The van der Waals surface area contributed by atoms with Gasteiger partial charge in [-0.05, 0) is 30.3 Å². The summed E-state index contributed by atoms with van der Waals surface area (Å²) in [5.41, 5.74) is 2.10. The topological polar surface area (TPSA) is 67.4 Å². The number of aromatic nitrogens is 2. The number of carbonyl (C=O) groups is 1. The van der Waals surface area contributed by atoms with Crippen molar-refractivity contribution in [2.24, 2.45) is 0 Å². The van der Waals surface area contributed by atoms with E-state index in [4.69, 9.17) is 4.74 Å². The molecule has 0 unspecified atom stereocenters. The van der Waals surface area contributed by atoms with Crippen molar-refractivity contribution in [2.45, 2.75) is 0 Å². The molecule has 1 saturated heterocycles. The Hall–Kier alpha value is -2.99. The van der Waals surface area contributed by atoms with Crippen molar-refractivity contribution in [3.05, 3.63) is 60.4 Å². The van der Waals surface area contributed by atoms with Gasteiger partial charge in [-0.2, -0.15) is 0 Å². The molecule has 0 bridgehead atoms. The lowest BCUT2D eigenvalue weighted by Gasteiger charge is -2.29. The van der Waals surface area contributed by atoms with E-state index in [-0.39, 0.29) is 5.91 Å². The van der Waals surface area contributed by atoms with Gasteiger partial charge in [-0.15, -0.1) is 0 Å². The van der Waals surface area contributed by atoms with Crippen LogP contribution in [-0.4, -0.2) is 42.2 Å². The van der Waals surface area contributed by atoms with Gasteiger partial charge in [-0.1, -0.05) is 12.1 Å². The second kappa shape index (κ2) is 6.86. The predicted molar refractivity (Wildman–Crippen MR) is 97.0 cm³/mol. The highest BCUT2D eigenvalue weighted by Crippen LogP contribution is 2.25. The Labute approximate surface area is 145 Å². The SMILES string of the molecule is O=C(Nc1cccnc1N1CCOCC1)c1cccc2ncccc12. The summed E-state index contributed by atoms with van der Waals surface area (Å²) in [6, 6.07) is 13.0. The second-order valence-electron chi connectivity index (χ2n) is 5.80. The molecule has 126 valence electrons. The molecular weight excluding hydrogens is 316 g/mol. The first kappa shape index (κ1) is 15.5. The van der Waals surface area contributed by atoms with Crippen molar-refractivity contribution in [3.63, 3.8) is 0 Å². The predicted octanol–water partition coefficient (Wildman–Crippen LogP) is 2.72. The second-order valence-corrected chi connectivity index (χ2v) is 5.80. The Morgan fingerprint density at radius 2 is 1.80 bits per heavy atom. The van der Waals surface area contributed by atoms with E-state index in [0.717, 1.165) is 29.8 Å². The van der Waals surface area contributed by atoms with Gasteiger partial charge in [0.15, 0.2) is 5.82 Å². The van der Waals surface area contributed by atoms with Crippen molar-refractivity contribution < 1.29 is 9.53 Å². The summed E-state index contributed by atoms with van der Waals surface area (Å²) in [5, 5.41) is 3.84. The minimum atomic E-state index is -0.166. The largest absolute Gasteiger partial charge is 0.378 e. The summed E-state index contributed by atoms with van der Waals surface area (Å²) < 4.78 is 5.40. The van der Waals surface area contributed by atoms with Gasteiger partial charge in [0.2, 0.25) is 0 Å². The molecule has 1 aromatic carbocycles. The van der Waals surface area contributed by atoms with Gasteiger partial charge in [-0.25, -0.2) is 4.98 Å². The average molecular weight is 334 g/mol. The highest BCUT2D eigenvalue weighted by molar-refractivity contribution is 6.13. The number of fused-ring (bicyclic) bond motifs is 1. The molecule has 6 heteroatoms. The first-order chi connectivity index (χ1) is 12.3. The standard InChI is InChI=1S/C19H18N4O2/c24-19(15-4-1-6-16-14(15)5-2-8-20-16)22-17-7-3-9-21-18(17)23-10-12-25-13-11-23/h1-9H,10-13H2,(H,22,24). The molecule has 0 radical (unpaired) electrons. The number of hydrogen-bond donors (Lipinski definition) is 1. The van der Waals surface area contributed by atoms with Crippen molar-refractivity contribution in [3.8, 4) is 0 Å². The Kier molecular flexibility index (Phi) is 4.26. The number of pyridine rings is 2. The fourth-order valence-electron chi connectivity index (χ4n) is 3.01. The normalized spacial score (nSPS) is 14.5. The van der Waals surface area contributed by atoms with E-state index >= 15 is 0 Å². The van der Waals surface area contributed by atoms with Gasteiger partial charge < -0.3 is 15.0 Å². The lowest BCUT2D eigenvalue weighted by molar-refractivity contribution is 0.102. The summed E-state index contributed by atoms with van der Waals surface area (Å²) in [6.07, 6.45) is 3.46. The third kappa shape index (κ3) is 3.16. The lowest BCUT2D eigenvalue weighted by atomic mass is 10.1. The van der Waals surface area contributed by atoms with Gasteiger partial charge in [0.25, 0.3) is 5.91 Å². The number of morpholine rings is 1. The molecular formula is C19H18N4O2. The Balaban J connectivity index is 1.65. The zero-order chi connectivity index (χ0) is 17.1. The number of nitrogens with zero attached hydrogens (tertiary/aromatic N) is 3. The quantitative estimate of drug-likeness (QED) is 0.798. The zero-order valence-electron chi connectivity index (χ0n) is 13.7. The molecule has 3 heterocycles. The number of amides is 1. The molecule has 6 nitrogen and oxygen atoms in total. The maximum absolute atomic E-state index is 12.9. The molecule has 1 aliphatic heterocycles. The molecule has 3 aromatic rings. The fraction of sp³-hybridized carbons (Fsp3) is 0.211. The molecule has 1 amide bonds. The molecule has 0 saturated carbocycles. The summed E-state index contributed by atoms with van der Waals surface area (Å²) >= 11 is 0. The van der Waals surface area contributed by atoms with Crippen LogP contribution in [0.4, 0.5) is 11.5 Å². The molecule has 1 fully saturated rings. The minimum absolute atomic E-state index is 0.166. The molecule has 0 aliphatic carbocycles.